The molecule has 2 aromatic rings. The number of rotatable bonds is 5. The van der Waals surface area contributed by atoms with Crippen molar-refractivity contribution in [3.8, 4) is 11.3 Å². The molecule has 142 valence electrons. The smallest absolute Gasteiger partial charge is 0.201 e. The minimum absolute atomic E-state index is 0.631. The summed E-state index contributed by atoms with van der Waals surface area (Å²) in [6.45, 7) is 19.1. The van der Waals surface area contributed by atoms with Crippen LogP contribution in [0.25, 0.3) is 11.3 Å². The second-order valence-corrected chi connectivity index (χ2v) is 19.5. The molecule has 0 saturated carbocycles. The van der Waals surface area contributed by atoms with Gasteiger partial charge in [-0.1, -0.05) is 65.3 Å². The average Bonchev–Trinajstić information content (AvgIpc) is 2.52. The van der Waals surface area contributed by atoms with Crippen molar-refractivity contribution in [2.45, 2.75) is 71.9 Å². The predicted molar refractivity (Wildman–Crippen MR) is 122 cm³/mol. The quantitative estimate of drug-likeness (QED) is 0.466. The van der Waals surface area contributed by atoms with Gasteiger partial charge in [-0.3, -0.25) is 0 Å². The molecule has 0 N–H and O–H groups in total. The maximum atomic E-state index is 9.06. The van der Waals surface area contributed by atoms with E-state index in [-0.39, 0.29) is 0 Å². The molecule has 1 aromatic heterocycles. The Labute approximate surface area is 167 Å². The normalized spacial score (nSPS) is 15.4. The molecule has 3 heteroatoms. The molecule has 0 aliphatic rings. The molecule has 0 amide bonds. The van der Waals surface area contributed by atoms with Crippen LogP contribution in [0.4, 0.5) is 0 Å². The van der Waals surface area contributed by atoms with E-state index in [1.165, 1.54) is 5.19 Å². The van der Waals surface area contributed by atoms with Gasteiger partial charge in [-0.25, -0.2) is 4.57 Å². The molecule has 2 rings (SSSR count). The van der Waals surface area contributed by atoms with E-state index in [4.69, 9.17) is 4.11 Å². The zero-order chi connectivity index (χ0) is 22.6. The number of hydrogen-bond acceptors (Lipinski definition) is 0. The first-order valence-electron chi connectivity index (χ1n) is 11.0. The molecule has 0 unspecified atom stereocenters. The van der Waals surface area contributed by atoms with Gasteiger partial charge in [-0.15, -0.1) is 0 Å². The number of hydrogen-bond donors (Lipinski definition) is 0. The molecular weight excluding hydrogens is 346 g/mol. The maximum absolute atomic E-state index is 9.06. The minimum Gasteiger partial charge on any atom is -0.201 e. The van der Waals surface area contributed by atoms with Gasteiger partial charge < -0.3 is 0 Å². The molecule has 0 aliphatic carbocycles. The fourth-order valence-electron chi connectivity index (χ4n) is 3.28. The summed E-state index contributed by atoms with van der Waals surface area (Å²) in [5.74, 6) is -1.93. The largest absolute Gasteiger partial charge is 0.212 e. The monoisotopic (exact) mass is 387 g/mol. The van der Waals surface area contributed by atoms with E-state index in [9.17, 15) is 0 Å². The van der Waals surface area contributed by atoms with E-state index >= 15 is 0 Å². The zero-order valence-corrected chi connectivity index (χ0v) is 20.3. The Morgan fingerprint density at radius 2 is 1.69 bits per heavy atom. The van der Waals surface area contributed by atoms with Crippen LogP contribution in [0.15, 0.2) is 30.5 Å². The Kier molecular flexibility index (Phi) is 4.84. The van der Waals surface area contributed by atoms with Crippen LogP contribution >= 0.6 is 0 Å². The summed E-state index contributed by atoms with van der Waals surface area (Å²) in [6.07, 6.45) is 2.18. The van der Waals surface area contributed by atoms with E-state index in [0.29, 0.717) is 0 Å². The third-order valence-corrected chi connectivity index (χ3v) is 7.71. The predicted octanol–water partition coefficient (Wildman–Crippen LogP) is 5.58. The van der Waals surface area contributed by atoms with Gasteiger partial charge in [0.05, 0.1) is 8.07 Å². The molecule has 0 spiro atoms. The van der Waals surface area contributed by atoms with E-state index < -0.39 is 28.0 Å². The lowest BCUT2D eigenvalue weighted by atomic mass is 9.96. The van der Waals surface area contributed by atoms with Gasteiger partial charge in [0.15, 0.2) is 6.20 Å². The molecular formula is C23H38NSi2+. The van der Waals surface area contributed by atoms with Crippen molar-refractivity contribution < 1.29 is 8.68 Å². The van der Waals surface area contributed by atoms with Crippen molar-refractivity contribution in [2.75, 3.05) is 0 Å². The van der Waals surface area contributed by atoms with Crippen LogP contribution in [-0.2, 0) is 13.0 Å². The van der Waals surface area contributed by atoms with Gasteiger partial charge in [0.2, 0.25) is 5.69 Å². The van der Waals surface area contributed by atoms with Crippen LogP contribution < -0.4 is 9.75 Å². The molecule has 0 atom stereocenters. The Morgan fingerprint density at radius 1 is 1.08 bits per heavy atom. The molecule has 0 radical (unpaired) electrons. The van der Waals surface area contributed by atoms with Gasteiger partial charge in [0, 0.05) is 29.0 Å². The van der Waals surface area contributed by atoms with Crippen molar-refractivity contribution >= 4 is 21.3 Å². The van der Waals surface area contributed by atoms with Crippen LogP contribution in [0.1, 0.15) is 40.5 Å². The molecule has 0 saturated heterocycles. The Morgan fingerprint density at radius 3 is 2.15 bits per heavy atom. The maximum Gasteiger partial charge on any atom is 0.212 e. The number of aromatic nitrogens is 1. The minimum atomic E-state index is -2.10. The first-order valence-corrected chi connectivity index (χ1v) is 16.5. The van der Waals surface area contributed by atoms with E-state index in [2.05, 4.69) is 82.2 Å². The van der Waals surface area contributed by atoms with Gasteiger partial charge in [0.25, 0.3) is 0 Å². The summed E-state index contributed by atoms with van der Waals surface area (Å²) in [5.41, 5.74) is 5.15. The van der Waals surface area contributed by atoms with E-state index in [1.54, 1.807) is 0 Å². The molecule has 1 heterocycles. The highest BCUT2D eigenvalue weighted by Gasteiger charge is 2.28. The number of aryl methyl sites for hydroxylation is 2. The first-order chi connectivity index (χ1) is 12.9. The average molecular weight is 388 g/mol. The highest BCUT2D eigenvalue weighted by Crippen LogP contribution is 2.26. The highest BCUT2D eigenvalue weighted by molar-refractivity contribution is 6.89. The second kappa shape index (κ2) is 7.43. The number of nitrogens with zero attached hydrogens (tertiary/aromatic N) is 1. The SMILES string of the molecule is [2H]C(C)(C)c1ccc(-c2cc(C([2H])([2H])[Si](C)(C)C)c([Si](C)(C)C)c[n+]2C)c(C)c1. The summed E-state index contributed by atoms with van der Waals surface area (Å²) in [4.78, 5) is 0. The lowest BCUT2D eigenvalue weighted by Crippen LogP contribution is -2.48. The third kappa shape index (κ3) is 4.95. The molecule has 0 bridgehead atoms. The summed E-state index contributed by atoms with van der Waals surface area (Å²) in [5, 5.41) is 1.21. The number of pyridine rings is 1. The Hall–Kier alpha value is -1.20. The summed E-state index contributed by atoms with van der Waals surface area (Å²) >= 11 is 0. The summed E-state index contributed by atoms with van der Waals surface area (Å²) < 4.78 is 28.6. The van der Waals surface area contributed by atoms with Crippen molar-refractivity contribution in [3.63, 3.8) is 0 Å². The van der Waals surface area contributed by atoms with Crippen molar-refractivity contribution in [1.29, 1.82) is 0 Å². The van der Waals surface area contributed by atoms with E-state index in [0.717, 1.165) is 27.9 Å². The molecule has 0 fully saturated rings. The lowest BCUT2D eigenvalue weighted by Gasteiger charge is -2.24. The summed E-state index contributed by atoms with van der Waals surface area (Å²) in [6, 6.07) is 8.34. The van der Waals surface area contributed by atoms with Crippen molar-refractivity contribution in [2.24, 2.45) is 7.05 Å². The second-order valence-electron chi connectivity index (χ2n) is 9.75. The van der Waals surface area contributed by atoms with Crippen molar-refractivity contribution in [3.05, 3.63) is 47.2 Å². The van der Waals surface area contributed by atoms with Crippen LogP contribution in [0.5, 0.6) is 0 Å². The van der Waals surface area contributed by atoms with Gasteiger partial charge >= 0.3 is 0 Å². The standard InChI is InChI=1S/C23H38NSi2/c1-17(2)19-11-12-21(18(3)13-19)22-14-20(16-25(5,6)7)23(15-24(22)4)26(8,9)10/h11-15,17H,16H2,1-10H3/q+1/i16D2,17D. The Balaban J connectivity index is 2.81. The lowest BCUT2D eigenvalue weighted by molar-refractivity contribution is -0.659. The van der Waals surface area contributed by atoms with Gasteiger partial charge in [-0.2, -0.15) is 0 Å². The van der Waals surface area contributed by atoms with Crippen LogP contribution in [-0.4, -0.2) is 16.1 Å². The molecule has 26 heavy (non-hydrogen) atoms. The molecule has 1 aromatic carbocycles. The van der Waals surface area contributed by atoms with Crippen LogP contribution in [0, 0.1) is 6.92 Å². The van der Waals surface area contributed by atoms with Crippen molar-refractivity contribution in [1.82, 2.24) is 0 Å². The molecule has 0 aliphatic heterocycles. The fourth-order valence-corrected chi connectivity index (χ4v) is 5.95. The van der Waals surface area contributed by atoms with Crippen LogP contribution in [0.3, 0.4) is 0 Å². The zero-order valence-electron chi connectivity index (χ0n) is 21.3. The first kappa shape index (κ1) is 16.9. The summed E-state index contributed by atoms with van der Waals surface area (Å²) in [7, 11) is -1.77. The highest BCUT2D eigenvalue weighted by atomic mass is 28.3. The molecule has 1 nitrogen and oxygen atoms in total. The fraction of sp³-hybridized carbons (Fsp3) is 0.522. The van der Waals surface area contributed by atoms with Gasteiger partial charge in [0.1, 0.15) is 7.05 Å². The topological polar surface area (TPSA) is 3.88 Å². The Bertz CT molecular complexity index is 917. The van der Waals surface area contributed by atoms with Crippen LogP contribution in [0.2, 0.25) is 39.3 Å². The number of benzene rings is 1. The third-order valence-electron chi connectivity index (χ3n) is 4.67. The van der Waals surface area contributed by atoms with E-state index in [1.807, 2.05) is 19.9 Å². The van der Waals surface area contributed by atoms with Gasteiger partial charge in [-0.05, 0) is 41.6 Å².